The van der Waals surface area contributed by atoms with Crippen molar-refractivity contribution >= 4 is 44.7 Å². The Balaban J connectivity index is 2.19. The van der Waals surface area contributed by atoms with Crippen LogP contribution in [0.4, 0.5) is 0 Å². The molecule has 0 spiro atoms. The summed E-state index contributed by atoms with van der Waals surface area (Å²) in [5.74, 6) is 0.118. The Morgan fingerprint density at radius 2 is 2.12 bits per heavy atom. The van der Waals surface area contributed by atoms with Gasteiger partial charge in [-0.05, 0) is 42.8 Å². The van der Waals surface area contributed by atoms with Gasteiger partial charge in [-0.2, -0.15) is 0 Å². The summed E-state index contributed by atoms with van der Waals surface area (Å²) in [5.41, 5.74) is 1.81. The number of carbonyl (C=O) groups excluding carboxylic acids is 1. The highest BCUT2D eigenvalue weighted by Crippen LogP contribution is 2.23. The third kappa shape index (κ3) is 3.41. The SMILES string of the molecule is Cc1cc(Br)cc(C(=O)Cc2ccc(Cl)s2)c1. The molecular formula is C13H10BrClOS. The fourth-order valence-electron chi connectivity index (χ4n) is 1.60. The third-order valence-electron chi connectivity index (χ3n) is 2.33. The number of Topliss-reactive ketones (excluding diaryl/α,β-unsaturated/α-hetero) is 1. The molecule has 0 bridgehead atoms. The Morgan fingerprint density at radius 3 is 2.71 bits per heavy atom. The van der Waals surface area contributed by atoms with Crippen LogP contribution in [0.15, 0.2) is 34.8 Å². The van der Waals surface area contributed by atoms with Crippen molar-refractivity contribution < 1.29 is 4.79 Å². The summed E-state index contributed by atoms with van der Waals surface area (Å²) in [6, 6.07) is 9.46. The molecule has 1 aromatic carbocycles. The molecule has 0 aliphatic heterocycles. The van der Waals surface area contributed by atoms with E-state index in [1.807, 2.05) is 37.3 Å². The minimum absolute atomic E-state index is 0.118. The normalized spacial score (nSPS) is 10.5. The van der Waals surface area contributed by atoms with Crippen LogP contribution in [0.5, 0.6) is 0 Å². The summed E-state index contributed by atoms with van der Waals surface area (Å²) in [6.07, 6.45) is 0.410. The quantitative estimate of drug-likeness (QED) is 0.732. The molecule has 0 radical (unpaired) electrons. The second kappa shape index (κ2) is 5.34. The fourth-order valence-corrected chi connectivity index (χ4v) is 3.30. The maximum absolute atomic E-state index is 12.1. The van der Waals surface area contributed by atoms with Crippen molar-refractivity contribution in [1.29, 1.82) is 0 Å². The van der Waals surface area contributed by atoms with Crippen molar-refractivity contribution in [3.8, 4) is 0 Å². The molecule has 4 heteroatoms. The summed E-state index contributed by atoms with van der Waals surface area (Å²) in [7, 11) is 0. The van der Waals surface area contributed by atoms with Crippen LogP contribution in [0.2, 0.25) is 4.34 Å². The minimum atomic E-state index is 0.118. The number of hydrogen-bond donors (Lipinski definition) is 0. The maximum atomic E-state index is 12.1. The molecular weight excluding hydrogens is 320 g/mol. The fraction of sp³-hybridized carbons (Fsp3) is 0.154. The monoisotopic (exact) mass is 328 g/mol. The molecule has 17 heavy (non-hydrogen) atoms. The van der Waals surface area contributed by atoms with Crippen LogP contribution in [0, 0.1) is 6.92 Å². The van der Waals surface area contributed by atoms with Crippen LogP contribution < -0.4 is 0 Å². The van der Waals surface area contributed by atoms with E-state index in [1.165, 1.54) is 11.3 Å². The molecule has 2 aromatic rings. The van der Waals surface area contributed by atoms with Crippen LogP contribution >= 0.6 is 38.9 Å². The smallest absolute Gasteiger partial charge is 0.168 e. The molecule has 0 unspecified atom stereocenters. The van der Waals surface area contributed by atoms with Crippen molar-refractivity contribution in [2.24, 2.45) is 0 Å². The van der Waals surface area contributed by atoms with Crippen LogP contribution in [0.25, 0.3) is 0 Å². The standard InChI is InChI=1S/C13H10BrClOS/c1-8-4-9(6-10(14)5-8)12(16)7-11-2-3-13(15)17-11/h2-6H,7H2,1H3. The van der Waals surface area contributed by atoms with E-state index in [1.54, 1.807) is 0 Å². The summed E-state index contributed by atoms with van der Waals surface area (Å²) in [5, 5.41) is 0. The number of ketones is 1. The Morgan fingerprint density at radius 1 is 1.35 bits per heavy atom. The van der Waals surface area contributed by atoms with E-state index in [4.69, 9.17) is 11.6 Å². The molecule has 0 fully saturated rings. The van der Waals surface area contributed by atoms with Crippen LogP contribution in [0.1, 0.15) is 20.8 Å². The van der Waals surface area contributed by atoms with Gasteiger partial charge in [0.1, 0.15) is 0 Å². The van der Waals surface area contributed by atoms with Gasteiger partial charge in [0, 0.05) is 21.3 Å². The number of halogens is 2. The first-order chi connectivity index (χ1) is 8.04. The lowest BCUT2D eigenvalue weighted by molar-refractivity contribution is 0.0993. The molecule has 0 aliphatic carbocycles. The van der Waals surface area contributed by atoms with Gasteiger partial charge in [-0.25, -0.2) is 0 Å². The first-order valence-electron chi connectivity index (χ1n) is 5.09. The number of aryl methyl sites for hydroxylation is 1. The lowest BCUT2D eigenvalue weighted by Crippen LogP contribution is -2.02. The molecule has 1 heterocycles. The van der Waals surface area contributed by atoms with Gasteiger partial charge in [0.2, 0.25) is 0 Å². The van der Waals surface area contributed by atoms with Crippen molar-refractivity contribution in [2.75, 3.05) is 0 Å². The van der Waals surface area contributed by atoms with Crippen LogP contribution in [-0.2, 0) is 6.42 Å². The van der Waals surface area contributed by atoms with E-state index < -0.39 is 0 Å². The van der Waals surface area contributed by atoms with E-state index >= 15 is 0 Å². The topological polar surface area (TPSA) is 17.1 Å². The zero-order valence-corrected chi connectivity index (χ0v) is 12.3. The van der Waals surface area contributed by atoms with Gasteiger partial charge in [0.15, 0.2) is 5.78 Å². The maximum Gasteiger partial charge on any atom is 0.168 e. The number of rotatable bonds is 3. The first-order valence-corrected chi connectivity index (χ1v) is 7.08. The molecule has 0 saturated heterocycles. The Hall–Kier alpha value is -0.640. The van der Waals surface area contributed by atoms with Gasteiger partial charge in [-0.1, -0.05) is 27.5 Å². The average Bonchev–Trinajstić information content (AvgIpc) is 2.62. The molecule has 88 valence electrons. The van der Waals surface area contributed by atoms with Crippen LogP contribution in [0.3, 0.4) is 0 Å². The van der Waals surface area contributed by atoms with E-state index in [2.05, 4.69) is 15.9 Å². The number of benzene rings is 1. The minimum Gasteiger partial charge on any atom is -0.294 e. The van der Waals surface area contributed by atoms with Crippen molar-refractivity contribution in [3.05, 3.63) is 55.1 Å². The number of carbonyl (C=O) groups is 1. The zero-order valence-electron chi connectivity index (χ0n) is 9.17. The van der Waals surface area contributed by atoms with Crippen molar-refractivity contribution in [2.45, 2.75) is 13.3 Å². The van der Waals surface area contributed by atoms with E-state index in [0.29, 0.717) is 6.42 Å². The Labute approximate surface area is 118 Å². The van der Waals surface area contributed by atoms with Gasteiger partial charge >= 0.3 is 0 Å². The highest BCUT2D eigenvalue weighted by molar-refractivity contribution is 9.10. The molecule has 0 saturated carbocycles. The van der Waals surface area contributed by atoms with Crippen LogP contribution in [-0.4, -0.2) is 5.78 Å². The summed E-state index contributed by atoms with van der Waals surface area (Å²) >= 11 is 10.7. The van der Waals surface area contributed by atoms with Crippen molar-refractivity contribution in [3.63, 3.8) is 0 Å². The lowest BCUT2D eigenvalue weighted by atomic mass is 10.1. The summed E-state index contributed by atoms with van der Waals surface area (Å²) in [4.78, 5) is 13.1. The third-order valence-corrected chi connectivity index (χ3v) is 4.02. The predicted molar refractivity (Wildman–Crippen MR) is 76.2 cm³/mol. The Bertz CT molecular complexity index is 542. The molecule has 2 rings (SSSR count). The first kappa shape index (κ1) is 12.8. The molecule has 1 nitrogen and oxygen atoms in total. The molecule has 0 atom stereocenters. The summed E-state index contributed by atoms with van der Waals surface area (Å²) < 4.78 is 1.66. The molecule has 0 aliphatic rings. The highest BCUT2D eigenvalue weighted by atomic mass is 79.9. The molecule has 0 amide bonds. The zero-order chi connectivity index (χ0) is 12.4. The van der Waals surface area contributed by atoms with Gasteiger partial charge in [0.05, 0.1) is 4.34 Å². The highest BCUT2D eigenvalue weighted by Gasteiger charge is 2.10. The van der Waals surface area contributed by atoms with Gasteiger partial charge in [-0.3, -0.25) is 4.79 Å². The van der Waals surface area contributed by atoms with Gasteiger partial charge in [-0.15, -0.1) is 11.3 Å². The van der Waals surface area contributed by atoms with E-state index in [9.17, 15) is 4.79 Å². The second-order valence-corrected chi connectivity index (χ2v) is 6.54. The van der Waals surface area contributed by atoms with E-state index in [-0.39, 0.29) is 5.78 Å². The van der Waals surface area contributed by atoms with Crippen molar-refractivity contribution in [1.82, 2.24) is 0 Å². The molecule has 1 aromatic heterocycles. The van der Waals surface area contributed by atoms with E-state index in [0.717, 1.165) is 24.8 Å². The predicted octanol–water partition coefficient (Wildman–Crippen LogP) is 4.90. The summed E-state index contributed by atoms with van der Waals surface area (Å²) in [6.45, 7) is 1.98. The lowest BCUT2D eigenvalue weighted by Gasteiger charge is -2.02. The average molecular weight is 330 g/mol. The van der Waals surface area contributed by atoms with Gasteiger partial charge in [0.25, 0.3) is 0 Å². The van der Waals surface area contributed by atoms with Gasteiger partial charge < -0.3 is 0 Å². The second-order valence-electron chi connectivity index (χ2n) is 3.82. The largest absolute Gasteiger partial charge is 0.294 e. The number of hydrogen-bond acceptors (Lipinski definition) is 2. The molecule has 0 N–H and O–H groups in total. The Kier molecular flexibility index (Phi) is 4.02. The number of thiophene rings is 1.